The van der Waals surface area contributed by atoms with Crippen LogP contribution >= 0.6 is 11.3 Å². The molecule has 136 valence electrons. The van der Waals surface area contributed by atoms with Crippen molar-refractivity contribution in [3.05, 3.63) is 51.7 Å². The molecule has 0 radical (unpaired) electrons. The molecule has 1 fully saturated rings. The maximum absolute atomic E-state index is 12.5. The molecule has 26 heavy (non-hydrogen) atoms. The van der Waals surface area contributed by atoms with E-state index >= 15 is 0 Å². The Morgan fingerprint density at radius 3 is 2.62 bits per heavy atom. The second-order valence-electron chi connectivity index (χ2n) is 6.63. The molecule has 1 spiro atoms. The Hall–Kier alpha value is -2.38. The van der Waals surface area contributed by atoms with Crippen molar-refractivity contribution in [2.75, 3.05) is 25.0 Å². The van der Waals surface area contributed by atoms with E-state index in [1.807, 2.05) is 30.3 Å². The monoisotopic (exact) mass is 372 g/mol. The number of thiophene rings is 1. The zero-order chi connectivity index (χ0) is 18.1. The Bertz CT molecular complexity index is 825. The summed E-state index contributed by atoms with van der Waals surface area (Å²) in [6.07, 6.45) is 2.11. The van der Waals surface area contributed by atoms with Crippen molar-refractivity contribution >= 4 is 29.0 Å². The number of urea groups is 1. The normalized spacial score (nSPS) is 18.4. The number of carboxylic acids is 1. The van der Waals surface area contributed by atoms with E-state index in [0.29, 0.717) is 37.4 Å². The lowest BCUT2D eigenvalue weighted by molar-refractivity contribution is -0.0912. The van der Waals surface area contributed by atoms with Gasteiger partial charge in [-0.3, -0.25) is 0 Å². The summed E-state index contributed by atoms with van der Waals surface area (Å²) >= 11 is 1.35. The van der Waals surface area contributed by atoms with Gasteiger partial charge in [-0.2, -0.15) is 0 Å². The summed E-state index contributed by atoms with van der Waals surface area (Å²) in [6, 6.07) is 11.0. The molecule has 2 N–H and O–H groups in total. The number of nitrogens with one attached hydrogen (secondary N) is 1. The highest BCUT2D eigenvalue weighted by Gasteiger charge is 2.43. The van der Waals surface area contributed by atoms with E-state index in [1.54, 1.807) is 11.0 Å². The molecule has 0 unspecified atom stereocenters. The summed E-state index contributed by atoms with van der Waals surface area (Å²) in [5.41, 5.74) is 1.33. The number of nitrogens with zero attached hydrogens (tertiary/aromatic N) is 1. The SMILES string of the molecule is O=C(O)c1cc2c(s1)CCOC21CCN(C(=O)Nc2ccccc2)CC1. The molecule has 0 atom stereocenters. The molecular formula is C19H20N2O4S. The Kier molecular flexibility index (Phi) is 4.42. The standard InChI is InChI=1S/C19H20N2O4S/c22-17(23)16-12-14-15(26-16)6-11-25-19(14)7-9-21(10-8-19)18(24)20-13-4-2-1-3-5-13/h1-5,12H,6-11H2,(H,20,24)(H,22,23). The average Bonchev–Trinajstić information content (AvgIpc) is 3.10. The molecule has 2 amide bonds. The van der Waals surface area contributed by atoms with Gasteiger partial charge in [0, 0.05) is 30.1 Å². The molecule has 0 saturated carbocycles. The van der Waals surface area contributed by atoms with E-state index in [0.717, 1.165) is 22.5 Å². The summed E-state index contributed by atoms with van der Waals surface area (Å²) in [6.45, 7) is 1.76. The molecule has 1 saturated heterocycles. The van der Waals surface area contributed by atoms with Gasteiger partial charge in [-0.05, 0) is 36.6 Å². The van der Waals surface area contributed by atoms with Gasteiger partial charge in [0.15, 0.2) is 0 Å². The van der Waals surface area contributed by atoms with Gasteiger partial charge in [-0.25, -0.2) is 9.59 Å². The lowest BCUT2D eigenvalue weighted by Crippen LogP contribution is -2.49. The topological polar surface area (TPSA) is 78.9 Å². The van der Waals surface area contributed by atoms with Gasteiger partial charge in [-0.15, -0.1) is 11.3 Å². The number of carboxylic acid groups (broad SMARTS) is 1. The van der Waals surface area contributed by atoms with Crippen molar-refractivity contribution in [3.8, 4) is 0 Å². The average molecular weight is 372 g/mol. The van der Waals surface area contributed by atoms with Crippen LogP contribution in [0.25, 0.3) is 0 Å². The first-order valence-corrected chi connectivity index (χ1v) is 9.50. The highest BCUT2D eigenvalue weighted by molar-refractivity contribution is 7.14. The number of likely N-dealkylation sites (tertiary alicyclic amines) is 1. The minimum absolute atomic E-state index is 0.112. The molecule has 2 aromatic rings. The number of carbonyl (C=O) groups is 2. The fourth-order valence-corrected chi connectivity index (χ4v) is 4.80. The van der Waals surface area contributed by atoms with Crippen molar-refractivity contribution in [2.45, 2.75) is 24.9 Å². The lowest BCUT2D eigenvalue weighted by Gasteiger charge is -2.43. The predicted molar refractivity (Wildman–Crippen MR) is 98.9 cm³/mol. The molecule has 4 rings (SSSR count). The molecule has 0 aliphatic carbocycles. The number of fused-ring (bicyclic) bond motifs is 2. The van der Waals surface area contributed by atoms with Crippen molar-refractivity contribution in [2.24, 2.45) is 0 Å². The molecule has 2 aliphatic heterocycles. The summed E-state index contributed by atoms with van der Waals surface area (Å²) in [5, 5.41) is 12.2. The van der Waals surface area contributed by atoms with Gasteiger partial charge in [0.05, 0.1) is 12.2 Å². The van der Waals surface area contributed by atoms with Gasteiger partial charge < -0.3 is 20.1 Å². The summed E-state index contributed by atoms with van der Waals surface area (Å²) in [4.78, 5) is 27.1. The Labute approximate surface area is 155 Å². The minimum atomic E-state index is -0.890. The Balaban J connectivity index is 1.47. The first-order chi connectivity index (χ1) is 12.6. The van der Waals surface area contributed by atoms with Crippen LogP contribution < -0.4 is 5.32 Å². The fraction of sp³-hybridized carbons (Fsp3) is 0.368. The summed E-state index contributed by atoms with van der Waals surface area (Å²) < 4.78 is 6.13. The van der Waals surface area contributed by atoms with Crippen LogP contribution in [0.5, 0.6) is 0 Å². The van der Waals surface area contributed by atoms with E-state index < -0.39 is 11.6 Å². The summed E-state index contributed by atoms with van der Waals surface area (Å²) in [7, 11) is 0. The van der Waals surface area contributed by atoms with Gasteiger partial charge >= 0.3 is 12.0 Å². The molecule has 2 aliphatic rings. The van der Waals surface area contributed by atoms with Gasteiger partial charge in [0.2, 0.25) is 0 Å². The number of piperidine rings is 1. The van der Waals surface area contributed by atoms with Crippen molar-refractivity contribution < 1.29 is 19.4 Å². The van der Waals surface area contributed by atoms with Gasteiger partial charge in [0.1, 0.15) is 4.88 Å². The third-order valence-electron chi connectivity index (χ3n) is 5.10. The zero-order valence-corrected chi connectivity index (χ0v) is 15.1. The molecule has 1 aromatic carbocycles. The van der Waals surface area contributed by atoms with Crippen molar-refractivity contribution in [3.63, 3.8) is 0 Å². The second-order valence-corrected chi connectivity index (χ2v) is 7.77. The van der Waals surface area contributed by atoms with Gasteiger partial charge in [-0.1, -0.05) is 18.2 Å². The van der Waals surface area contributed by atoms with Gasteiger partial charge in [0.25, 0.3) is 0 Å². The summed E-state index contributed by atoms with van der Waals surface area (Å²) in [5.74, 6) is -0.890. The largest absolute Gasteiger partial charge is 0.477 e. The molecule has 1 aromatic heterocycles. The highest BCUT2D eigenvalue weighted by atomic mass is 32.1. The molecular weight excluding hydrogens is 352 g/mol. The zero-order valence-electron chi connectivity index (χ0n) is 14.2. The smallest absolute Gasteiger partial charge is 0.345 e. The van der Waals surface area contributed by atoms with E-state index in [4.69, 9.17) is 4.74 Å². The van der Waals surface area contributed by atoms with E-state index in [2.05, 4.69) is 5.32 Å². The number of anilines is 1. The Morgan fingerprint density at radius 1 is 1.19 bits per heavy atom. The predicted octanol–water partition coefficient (Wildman–Crippen LogP) is 3.54. The molecule has 3 heterocycles. The fourth-order valence-electron chi connectivity index (χ4n) is 3.73. The van der Waals surface area contributed by atoms with Crippen LogP contribution in [0.1, 0.15) is 33.0 Å². The molecule has 7 heteroatoms. The first kappa shape index (κ1) is 17.1. The maximum Gasteiger partial charge on any atom is 0.345 e. The molecule has 6 nitrogen and oxygen atoms in total. The van der Waals surface area contributed by atoms with E-state index in [9.17, 15) is 14.7 Å². The number of hydrogen-bond donors (Lipinski definition) is 2. The third-order valence-corrected chi connectivity index (χ3v) is 6.28. The number of hydrogen-bond acceptors (Lipinski definition) is 4. The number of ether oxygens (including phenoxy) is 1. The van der Waals surface area contributed by atoms with Crippen LogP contribution in [0, 0.1) is 0 Å². The lowest BCUT2D eigenvalue weighted by atomic mass is 9.82. The maximum atomic E-state index is 12.5. The first-order valence-electron chi connectivity index (χ1n) is 8.69. The number of aromatic carboxylic acids is 1. The number of rotatable bonds is 2. The number of para-hydroxylation sites is 1. The number of amides is 2. The van der Waals surface area contributed by atoms with Crippen LogP contribution in [-0.4, -0.2) is 41.7 Å². The number of carbonyl (C=O) groups excluding carboxylic acids is 1. The molecule has 0 bridgehead atoms. The second kappa shape index (κ2) is 6.74. The quantitative estimate of drug-likeness (QED) is 0.845. The van der Waals surface area contributed by atoms with E-state index in [1.165, 1.54) is 11.3 Å². The van der Waals surface area contributed by atoms with Crippen molar-refractivity contribution in [1.82, 2.24) is 4.90 Å². The van der Waals surface area contributed by atoms with Crippen molar-refractivity contribution in [1.29, 1.82) is 0 Å². The van der Waals surface area contributed by atoms with E-state index in [-0.39, 0.29) is 6.03 Å². The van der Waals surface area contributed by atoms with Crippen LogP contribution in [0.3, 0.4) is 0 Å². The third kappa shape index (κ3) is 3.08. The van der Waals surface area contributed by atoms with Crippen LogP contribution in [0.2, 0.25) is 0 Å². The van der Waals surface area contributed by atoms with Crippen LogP contribution in [0.4, 0.5) is 10.5 Å². The van der Waals surface area contributed by atoms with Crippen LogP contribution in [-0.2, 0) is 16.8 Å². The van der Waals surface area contributed by atoms with Crippen LogP contribution in [0.15, 0.2) is 36.4 Å². The number of benzene rings is 1. The Morgan fingerprint density at radius 2 is 1.92 bits per heavy atom. The minimum Gasteiger partial charge on any atom is -0.477 e. The highest BCUT2D eigenvalue weighted by Crippen LogP contribution is 2.44.